The van der Waals surface area contributed by atoms with E-state index >= 15 is 0 Å². The molecule has 3 rings (SSSR count). The second kappa shape index (κ2) is 9.78. The van der Waals surface area contributed by atoms with Crippen LogP contribution in [0.1, 0.15) is 42.3 Å². The molecule has 0 aliphatic carbocycles. The summed E-state index contributed by atoms with van der Waals surface area (Å²) >= 11 is 0. The van der Waals surface area contributed by atoms with Crippen molar-refractivity contribution in [3.05, 3.63) is 46.8 Å². The summed E-state index contributed by atoms with van der Waals surface area (Å²) in [7, 11) is 3.75. The van der Waals surface area contributed by atoms with Gasteiger partial charge < -0.3 is 15.5 Å². The second-order valence-electron chi connectivity index (χ2n) is 8.05. The minimum Gasteiger partial charge on any atom is -0.356 e. The molecular formula is C23H34N6O. The van der Waals surface area contributed by atoms with Crippen molar-refractivity contribution in [1.82, 2.24) is 20.4 Å². The third kappa shape index (κ3) is 5.01. The molecule has 7 nitrogen and oxygen atoms in total. The molecule has 30 heavy (non-hydrogen) atoms. The molecular weight excluding hydrogens is 376 g/mol. The molecule has 1 aromatic carbocycles. The monoisotopic (exact) mass is 410 g/mol. The Balaban J connectivity index is 1.42. The minimum atomic E-state index is 0.195. The molecule has 1 atom stereocenters. The first kappa shape index (κ1) is 21.9. The number of anilines is 1. The molecule has 1 amide bonds. The molecule has 1 aliphatic rings. The van der Waals surface area contributed by atoms with Crippen molar-refractivity contribution in [3.63, 3.8) is 0 Å². The molecule has 1 unspecified atom stereocenters. The Morgan fingerprint density at radius 2 is 2.07 bits per heavy atom. The van der Waals surface area contributed by atoms with E-state index in [1.165, 1.54) is 16.8 Å². The van der Waals surface area contributed by atoms with Gasteiger partial charge in [0.2, 0.25) is 5.91 Å². The highest BCUT2D eigenvalue weighted by atomic mass is 16.2. The maximum Gasteiger partial charge on any atom is 0.227 e. The van der Waals surface area contributed by atoms with Gasteiger partial charge in [-0.15, -0.1) is 0 Å². The highest BCUT2D eigenvalue weighted by Gasteiger charge is 2.23. The van der Waals surface area contributed by atoms with Crippen LogP contribution in [0, 0.1) is 13.8 Å². The Kier molecular flexibility index (Phi) is 7.13. The maximum atomic E-state index is 12.6. The number of aromatic nitrogens is 2. The van der Waals surface area contributed by atoms with E-state index in [0.717, 1.165) is 43.1 Å². The van der Waals surface area contributed by atoms with Crippen LogP contribution in [0.25, 0.3) is 0 Å². The lowest BCUT2D eigenvalue weighted by atomic mass is 10.1. The molecule has 2 aromatic rings. The lowest BCUT2D eigenvalue weighted by Crippen LogP contribution is -2.43. The summed E-state index contributed by atoms with van der Waals surface area (Å²) in [6.45, 7) is 7.80. The van der Waals surface area contributed by atoms with Crippen LogP contribution in [0.4, 0.5) is 5.69 Å². The van der Waals surface area contributed by atoms with Gasteiger partial charge in [-0.25, -0.2) is 0 Å². The smallest absolute Gasteiger partial charge is 0.227 e. The fraction of sp³-hybridized carbons (Fsp3) is 0.522. The third-order valence-electron chi connectivity index (χ3n) is 5.82. The third-order valence-corrected chi connectivity index (χ3v) is 5.82. The Morgan fingerprint density at radius 1 is 1.30 bits per heavy atom. The normalized spacial score (nSPS) is 14.6. The zero-order valence-electron chi connectivity index (χ0n) is 18.8. The molecule has 0 saturated heterocycles. The zero-order valence-corrected chi connectivity index (χ0v) is 18.8. The first-order valence-corrected chi connectivity index (χ1v) is 10.7. The Morgan fingerprint density at radius 3 is 2.77 bits per heavy atom. The molecule has 0 bridgehead atoms. The number of benzene rings is 1. The lowest BCUT2D eigenvalue weighted by Gasteiger charge is -2.19. The number of hydrogen-bond acceptors (Lipinski definition) is 3. The number of nitrogens with one attached hydrogen (secondary N) is 2. The predicted octanol–water partition coefficient (Wildman–Crippen LogP) is 2.50. The van der Waals surface area contributed by atoms with E-state index in [2.05, 4.69) is 47.6 Å². The molecule has 0 fully saturated rings. The second-order valence-corrected chi connectivity index (χ2v) is 8.05. The maximum absolute atomic E-state index is 12.6. The van der Waals surface area contributed by atoms with Crippen molar-refractivity contribution in [3.8, 4) is 0 Å². The molecule has 2 N–H and O–H groups in total. The average molecular weight is 411 g/mol. The number of nitrogens with zero attached hydrogens (tertiary/aromatic N) is 4. The Hall–Kier alpha value is -2.83. The van der Waals surface area contributed by atoms with E-state index in [0.29, 0.717) is 13.0 Å². The Labute approximate surface area is 179 Å². The van der Waals surface area contributed by atoms with Crippen LogP contribution in [0.2, 0.25) is 0 Å². The number of amides is 1. The van der Waals surface area contributed by atoms with Crippen molar-refractivity contribution in [1.29, 1.82) is 0 Å². The topological polar surface area (TPSA) is 74.6 Å². The van der Waals surface area contributed by atoms with Gasteiger partial charge in [0.25, 0.3) is 0 Å². The summed E-state index contributed by atoms with van der Waals surface area (Å²) in [4.78, 5) is 18.9. The van der Waals surface area contributed by atoms with E-state index in [-0.39, 0.29) is 11.9 Å². The van der Waals surface area contributed by atoms with Crippen LogP contribution in [0.15, 0.2) is 29.3 Å². The van der Waals surface area contributed by atoms with Crippen molar-refractivity contribution in [2.24, 2.45) is 12.0 Å². The van der Waals surface area contributed by atoms with E-state index in [1.54, 1.807) is 7.05 Å². The zero-order chi connectivity index (χ0) is 21.7. The van der Waals surface area contributed by atoms with Crippen LogP contribution < -0.4 is 15.5 Å². The molecule has 2 heterocycles. The van der Waals surface area contributed by atoms with Crippen molar-refractivity contribution in [2.45, 2.75) is 52.5 Å². The number of carbonyl (C=O) groups is 1. The summed E-state index contributed by atoms with van der Waals surface area (Å²) < 4.78 is 1.93. The summed E-state index contributed by atoms with van der Waals surface area (Å²) in [6, 6.07) is 8.40. The molecule has 0 radical (unpaired) electrons. The SMILES string of the molecule is CN=C(NCCCC(=O)N1CCc2ccccc21)NC(C)Cc1c(C)nn(C)c1C. The van der Waals surface area contributed by atoms with Gasteiger partial charge in [-0.1, -0.05) is 18.2 Å². The quantitative estimate of drug-likeness (QED) is 0.418. The largest absolute Gasteiger partial charge is 0.356 e. The first-order valence-electron chi connectivity index (χ1n) is 10.7. The van der Waals surface area contributed by atoms with E-state index in [9.17, 15) is 4.79 Å². The number of hydrogen-bond donors (Lipinski definition) is 2. The number of guanidine groups is 1. The summed E-state index contributed by atoms with van der Waals surface area (Å²) in [6.07, 6.45) is 3.14. The van der Waals surface area contributed by atoms with Gasteiger partial charge in [-0.3, -0.25) is 14.5 Å². The number of rotatable bonds is 7. The van der Waals surface area contributed by atoms with Gasteiger partial charge in [0.05, 0.1) is 5.69 Å². The molecule has 1 aliphatic heterocycles. The number of fused-ring (bicyclic) bond motifs is 1. The summed E-state index contributed by atoms with van der Waals surface area (Å²) in [5.41, 5.74) is 5.90. The molecule has 0 spiro atoms. The van der Waals surface area contributed by atoms with Crippen LogP contribution in [-0.2, 0) is 24.7 Å². The predicted molar refractivity (Wildman–Crippen MR) is 122 cm³/mol. The van der Waals surface area contributed by atoms with Crippen molar-refractivity contribution >= 4 is 17.6 Å². The number of para-hydroxylation sites is 1. The Bertz CT molecular complexity index is 916. The van der Waals surface area contributed by atoms with Crippen LogP contribution in [0.3, 0.4) is 0 Å². The number of carbonyl (C=O) groups excluding carboxylic acids is 1. The van der Waals surface area contributed by atoms with Crippen LogP contribution >= 0.6 is 0 Å². The van der Waals surface area contributed by atoms with Crippen LogP contribution in [0.5, 0.6) is 0 Å². The number of aryl methyl sites for hydroxylation is 2. The van der Waals surface area contributed by atoms with Gasteiger partial charge in [-0.05, 0) is 57.2 Å². The van der Waals surface area contributed by atoms with E-state index in [4.69, 9.17) is 0 Å². The molecule has 7 heteroatoms. The van der Waals surface area contributed by atoms with E-state index < -0.39 is 0 Å². The fourth-order valence-electron chi connectivity index (χ4n) is 4.08. The molecule has 162 valence electrons. The van der Waals surface area contributed by atoms with Crippen molar-refractivity contribution in [2.75, 3.05) is 25.0 Å². The van der Waals surface area contributed by atoms with Gasteiger partial charge >= 0.3 is 0 Å². The molecule has 1 aromatic heterocycles. The summed E-state index contributed by atoms with van der Waals surface area (Å²) in [5.74, 6) is 0.959. The average Bonchev–Trinajstić information content (AvgIpc) is 3.26. The lowest BCUT2D eigenvalue weighted by molar-refractivity contribution is -0.118. The molecule has 0 saturated carbocycles. The summed E-state index contributed by atoms with van der Waals surface area (Å²) in [5, 5.41) is 11.3. The minimum absolute atomic E-state index is 0.195. The van der Waals surface area contributed by atoms with Gasteiger partial charge in [0.1, 0.15) is 0 Å². The highest BCUT2D eigenvalue weighted by Crippen LogP contribution is 2.27. The fourth-order valence-corrected chi connectivity index (χ4v) is 4.08. The highest BCUT2D eigenvalue weighted by molar-refractivity contribution is 5.95. The first-order chi connectivity index (χ1) is 14.4. The number of aliphatic imine (C=N–C) groups is 1. The van der Waals surface area contributed by atoms with Crippen LogP contribution in [-0.4, -0.2) is 47.8 Å². The van der Waals surface area contributed by atoms with Crippen molar-refractivity contribution < 1.29 is 4.79 Å². The van der Waals surface area contributed by atoms with Gasteiger partial charge in [0, 0.05) is 51.0 Å². The standard InChI is InChI=1S/C23H34N6O/c1-16(15-20-17(2)27-28(5)18(20)3)26-23(24-4)25-13-8-11-22(30)29-14-12-19-9-6-7-10-21(19)29/h6-7,9-10,16H,8,11-15H2,1-5H3,(H2,24,25,26). The van der Waals surface area contributed by atoms with E-state index in [1.807, 2.05) is 34.8 Å². The van der Waals surface area contributed by atoms with Gasteiger partial charge in [0.15, 0.2) is 5.96 Å². The van der Waals surface area contributed by atoms with Gasteiger partial charge in [-0.2, -0.15) is 5.10 Å².